The van der Waals surface area contributed by atoms with E-state index in [-0.39, 0.29) is 10.6 Å². The molecule has 2 N–H and O–H groups in total. The Bertz CT molecular complexity index is 607. The van der Waals surface area contributed by atoms with Gasteiger partial charge in [-0.3, -0.25) is 9.59 Å². The van der Waals surface area contributed by atoms with E-state index in [1.807, 2.05) is 13.8 Å². The van der Waals surface area contributed by atoms with Crippen LogP contribution in [-0.4, -0.2) is 24.3 Å². The fourth-order valence-electron chi connectivity index (χ4n) is 2.42. The van der Waals surface area contributed by atoms with Crippen molar-refractivity contribution in [2.75, 3.05) is 11.9 Å². The van der Waals surface area contributed by atoms with Gasteiger partial charge in [-0.25, -0.2) is 0 Å². The van der Waals surface area contributed by atoms with Crippen molar-refractivity contribution in [2.45, 2.75) is 39.5 Å². The highest BCUT2D eigenvalue weighted by Crippen LogP contribution is 2.38. The Labute approximate surface area is 132 Å². The summed E-state index contributed by atoms with van der Waals surface area (Å²) in [5.41, 5.74) is 0.765. The lowest BCUT2D eigenvalue weighted by atomic mass is 10.1. The molecule has 0 bridgehead atoms. The second-order valence-electron chi connectivity index (χ2n) is 5.74. The van der Waals surface area contributed by atoms with Crippen molar-refractivity contribution in [3.8, 4) is 0 Å². The summed E-state index contributed by atoms with van der Waals surface area (Å²) in [5.74, 6) is -2.48. The molecule has 0 unspecified atom stereocenters. The lowest BCUT2D eigenvalue weighted by Crippen LogP contribution is -2.36. The summed E-state index contributed by atoms with van der Waals surface area (Å²) in [4.78, 5) is 35.8. The standard InChI is InChI=1S/C15H20N2O4S/c1-8(2)6-7-16-12(18)13(19)17-14-11(15(20)21)9-4-3-5-10(9)22-14/h8H,3-7H2,1-2H3,(H,16,18)(H,17,19)(H,20,21)/p-1. The normalized spacial score (nSPS) is 13.0. The highest BCUT2D eigenvalue weighted by molar-refractivity contribution is 7.17. The van der Waals surface area contributed by atoms with Crippen molar-refractivity contribution in [1.82, 2.24) is 5.32 Å². The Morgan fingerprint density at radius 3 is 2.59 bits per heavy atom. The van der Waals surface area contributed by atoms with Crippen LogP contribution >= 0.6 is 11.3 Å². The maximum atomic E-state index is 11.9. The first kappa shape index (κ1) is 16.5. The topological polar surface area (TPSA) is 98.3 Å². The molecule has 6 nitrogen and oxygen atoms in total. The number of hydrogen-bond donors (Lipinski definition) is 2. The van der Waals surface area contributed by atoms with E-state index in [1.165, 1.54) is 11.3 Å². The van der Waals surface area contributed by atoms with Gasteiger partial charge < -0.3 is 20.5 Å². The second kappa shape index (κ2) is 6.91. The van der Waals surface area contributed by atoms with Crippen LogP contribution < -0.4 is 15.7 Å². The SMILES string of the molecule is CC(C)CCNC(=O)C(=O)Nc1sc2c(c1C(=O)[O-])CCC2. The molecule has 1 heterocycles. The number of fused-ring (bicyclic) bond motifs is 1. The minimum Gasteiger partial charge on any atom is -0.545 e. The zero-order valence-corrected chi connectivity index (χ0v) is 13.5. The Hall–Kier alpha value is -1.89. The average molecular weight is 323 g/mol. The predicted octanol–water partition coefficient (Wildman–Crippen LogP) is 0.701. The Kier molecular flexibility index (Phi) is 5.18. The first-order chi connectivity index (χ1) is 10.4. The second-order valence-corrected chi connectivity index (χ2v) is 6.85. The number of carboxylic acids is 1. The maximum Gasteiger partial charge on any atom is 0.314 e. The van der Waals surface area contributed by atoms with Crippen molar-refractivity contribution in [3.63, 3.8) is 0 Å². The van der Waals surface area contributed by atoms with Crippen molar-refractivity contribution in [3.05, 3.63) is 16.0 Å². The number of aromatic carboxylic acids is 1. The van der Waals surface area contributed by atoms with Crippen LogP contribution in [0.3, 0.4) is 0 Å². The summed E-state index contributed by atoms with van der Waals surface area (Å²) in [5, 5.41) is 16.4. The largest absolute Gasteiger partial charge is 0.545 e. The summed E-state index contributed by atoms with van der Waals surface area (Å²) in [6.45, 7) is 4.45. The number of nitrogens with one attached hydrogen (secondary N) is 2. The molecule has 22 heavy (non-hydrogen) atoms. The molecule has 1 aromatic rings. The van der Waals surface area contributed by atoms with Gasteiger partial charge in [-0.2, -0.15) is 0 Å². The van der Waals surface area contributed by atoms with Crippen LogP contribution in [0.15, 0.2) is 0 Å². The molecule has 7 heteroatoms. The Morgan fingerprint density at radius 1 is 1.23 bits per heavy atom. The molecule has 0 saturated carbocycles. The van der Waals surface area contributed by atoms with Crippen LogP contribution in [0.1, 0.15) is 47.5 Å². The molecular weight excluding hydrogens is 304 g/mol. The quantitative estimate of drug-likeness (QED) is 0.779. The van der Waals surface area contributed by atoms with E-state index in [4.69, 9.17) is 0 Å². The van der Waals surface area contributed by atoms with Crippen LogP contribution in [-0.2, 0) is 22.4 Å². The molecule has 2 rings (SSSR count). The monoisotopic (exact) mass is 323 g/mol. The Balaban J connectivity index is 2.03. The summed E-state index contributed by atoms with van der Waals surface area (Å²) in [7, 11) is 0. The van der Waals surface area contributed by atoms with Gasteiger partial charge in [0.05, 0.1) is 5.97 Å². The number of carbonyl (C=O) groups is 3. The van der Waals surface area contributed by atoms with Gasteiger partial charge in [0.25, 0.3) is 0 Å². The van der Waals surface area contributed by atoms with Crippen LogP contribution in [0.5, 0.6) is 0 Å². The highest BCUT2D eigenvalue weighted by atomic mass is 32.1. The predicted molar refractivity (Wildman–Crippen MR) is 81.8 cm³/mol. The van der Waals surface area contributed by atoms with Crippen molar-refractivity contribution in [2.24, 2.45) is 5.92 Å². The zero-order chi connectivity index (χ0) is 16.3. The van der Waals surface area contributed by atoms with Gasteiger partial charge in [0.15, 0.2) is 0 Å². The highest BCUT2D eigenvalue weighted by Gasteiger charge is 2.25. The van der Waals surface area contributed by atoms with E-state index < -0.39 is 17.8 Å². The fraction of sp³-hybridized carbons (Fsp3) is 0.533. The summed E-state index contributed by atoms with van der Waals surface area (Å²) in [6, 6.07) is 0. The number of hydrogen-bond acceptors (Lipinski definition) is 5. The molecule has 2 amide bonds. The van der Waals surface area contributed by atoms with Gasteiger partial charge >= 0.3 is 11.8 Å². The first-order valence-corrected chi connectivity index (χ1v) is 8.16. The first-order valence-electron chi connectivity index (χ1n) is 7.35. The number of anilines is 1. The smallest absolute Gasteiger partial charge is 0.314 e. The van der Waals surface area contributed by atoms with Crippen LogP contribution in [0, 0.1) is 5.92 Å². The van der Waals surface area contributed by atoms with Gasteiger partial charge in [0.1, 0.15) is 5.00 Å². The lowest BCUT2D eigenvalue weighted by Gasteiger charge is -2.10. The van der Waals surface area contributed by atoms with E-state index >= 15 is 0 Å². The summed E-state index contributed by atoms with van der Waals surface area (Å²) in [6.07, 6.45) is 3.16. The molecule has 0 atom stereocenters. The maximum absolute atomic E-state index is 11.9. The third-order valence-electron chi connectivity index (χ3n) is 3.57. The molecule has 0 radical (unpaired) electrons. The van der Waals surface area contributed by atoms with Crippen LogP contribution in [0.2, 0.25) is 0 Å². The average Bonchev–Trinajstić information content (AvgIpc) is 2.97. The molecule has 0 spiro atoms. The molecule has 1 aliphatic carbocycles. The third kappa shape index (κ3) is 3.65. The number of aryl methyl sites for hydroxylation is 1. The molecular formula is C15H19N2O4S-. The Morgan fingerprint density at radius 2 is 1.95 bits per heavy atom. The molecule has 1 aromatic heterocycles. The van der Waals surface area contributed by atoms with Crippen molar-refractivity contribution >= 4 is 34.1 Å². The zero-order valence-electron chi connectivity index (χ0n) is 12.7. The summed E-state index contributed by atoms with van der Waals surface area (Å²) < 4.78 is 0. The minimum atomic E-state index is -1.31. The van der Waals surface area contributed by atoms with E-state index in [2.05, 4.69) is 10.6 Å². The number of carbonyl (C=O) groups excluding carboxylic acids is 3. The number of rotatable bonds is 5. The number of amides is 2. The third-order valence-corrected chi connectivity index (χ3v) is 4.77. The van der Waals surface area contributed by atoms with Gasteiger partial charge in [-0.05, 0) is 37.2 Å². The van der Waals surface area contributed by atoms with E-state index in [9.17, 15) is 19.5 Å². The molecule has 0 saturated heterocycles. The summed E-state index contributed by atoms with van der Waals surface area (Å²) >= 11 is 1.22. The fourth-order valence-corrected chi connectivity index (χ4v) is 3.70. The van der Waals surface area contributed by atoms with E-state index in [0.29, 0.717) is 18.9 Å². The van der Waals surface area contributed by atoms with E-state index in [1.54, 1.807) is 0 Å². The van der Waals surface area contributed by atoms with Gasteiger partial charge in [0, 0.05) is 17.0 Å². The van der Waals surface area contributed by atoms with E-state index in [0.717, 1.165) is 29.7 Å². The molecule has 0 aliphatic heterocycles. The minimum absolute atomic E-state index is 0.0285. The molecule has 0 aromatic carbocycles. The van der Waals surface area contributed by atoms with Crippen LogP contribution in [0.4, 0.5) is 5.00 Å². The van der Waals surface area contributed by atoms with Crippen LogP contribution in [0.25, 0.3) is 0 Å². The number of thiophene rings is 1. The van der Waals surface area contributed by atoms with Gasteiger partial charge in [0.2, 0.25) is 0 Å². The van der Waals surface area contributed by atoms with Gasteiger partial charge in [-0.15, -0.1) is 11.3 Å². The molecule has 1 aliphatic rings. The molecule has 120 valence electrons. The van der Waals surface area contributed by atoms with Crippen molar-refractivity contribution < 1.29 is 19.5 Å². The molecule has 0 fully saturated rings. The number of carboxylic acid groups (broad SMARTS) is 1. The van der Waals surface area contributed by atoms with Gasteiger partial charge in [-0.1, -0.05) is 13.8 Å². The lowest BCUT2D eigenvalue weighted by molar-refractivity contribution is -0.254. The van der Waals surface area contributed by atoms with Crippen molar-refractivity contribution in [1.29, 1.82) is 0 Å².